The molecule has 9 nitrogen and oxygen atoms in total. The number of pyridine rings is 1. The maximum Gasteiger partial charge on any atom is 0.257 e. The Hall–Kier alpha value is -4.02. The summed E-state index contributed by atoms with van der Waals surface area (Å²) in [6.45, 7) is 0.162. The van der Waals surface area contributed by atoms with E-state index in [0.29, 0.717) is 27.7 Å². The van der Waals surface area contributed by atoms with Crippen LogP contribution in [-0.2, 0) is 4.79 Å². The normalized spacial score (nSPS) is 13.1. The molecule has 0 radical (unpaired) electrons. The number of aliphatic hydroxyl groups excluding tert-OH is 2. The van der Waals surface area contributed by atoms with Gasteiger partial charge in [-0.1, -0.05) is 12.1 Å². The van der Waals surface area contributed by atoms with E-state index < -0.39 is 23.9 Å². The van der Waals surface area contributed by atoms with Crippen LogP contribution in [0.2, 0.25) is 0 Å². The number of rotatable bonds is 9. The zero-order valence-corrected chi connectivity index (χ0v) is 18.7. The molecule has 7 N–H and O–H groups in total. The van der Waals surface area contributed by atoms with Gasteiger partial charge >= 0.3 is 0 Å². The van der Waals surface area contributed by atoms with E-state index in [2.05, 4.69) is 15.3 Å². The minimum Gasteiger partial charge on any atom is -0.393 e. The van der Waals surface area contributed by atoms with Gasteiger partial charge in [0.1, 0.15) is 5.82 Å². The maximum atomic E-state index is 14.2. The lowest BCUT2D eigenvalue weighted by atomic mass is 10.1. The number of halogens is 1. The van der Waals surface area contributed by atoms with Gasteiger partial charge in [0.15, 0.2) is 0 Å². The van der Waals surface area contributed by atoms with Crippen LogP contribution < -0.4 is 16.6 Å². The van der Waals surface area contributed by atoms with Gasteiger partial charge in [-0.3, -0.25) is 14.4 Å². The summed E-state index contributed by atoms with van der Waals surface area (Å²) in [7, 11) is 0. The number of aromatic nitrogens is 2. The monoisotopic (exact) mass is 480 g/mol. The third-order valence-corrected chi connectivity index (χ3v) is 5.75. The molecule has 2 heterocycles. The number of fused-ring (bicyclic) bond motifs is 2. The first kappa shape index (κ1) is 24.1. The van der Waals surface area contributed by atoms with Gasteiger partial charge in [0.05, 0.1) is 35.4 Å². The Labute approximate surface area is 198 Å². The lowest BCUT2D eigenvalue weighted by Crippen LogP contribution is -2.29. The van der Waals surface area contributed by atoms with Gasteiger partial charge in [0, 0.05) is 28.4 Å². The summed E-state index contributed by atoms with van der Waals surface area (Å²) < 4.78 is 14.2. The molecule has 0 bridgehead atoms. The van der Waals surface area contributed by atoms with Crippen molar-refractivity contribution in [3.05, 3.63) is 70.3 Å². The third kappa shape index (κ3) is 5.56. The highest BCUT2D eigenvalue weighted by Gasteiger charge is 2.16. The first-order valence-electron chi connectivity index (χ1n) is 11.1. The van der Waals surface area contributed by atoms with E-state index in [1.807, 2.05) is 0 Å². The Bertz CT molecular complexity index is 1460. The number of H-pyrrole nitrogens is 2. The molecule has 2 aromatic heterocycles. The number of nitrogens with two attached hydrogens (primary N) is 1. The van der Waals surface area contributed by atoms with Crippen LogP contribution in [0.15, 0.2) is 53.3 Å². The fourth-order valence-corrected chi connectivity index (χ4v) is 4.01. The van der Waals surface area contributed by atoms with Gasteiger partial charge in [-0.15, -0.1) is 0 Å². The van der Waals surface area contributed by atoms with Crippen LogP contribution in [0.4, 0.5) is 4.39 Å². The molecule has 2 atom stereocenters. The minimum atomic E-state index is -1.03. The van der Waals surface area contributed by atoms with E-state index in [-0.39, 0.29) is 42.8 Å². The first-order chi connectivity index (χ1) is 16.7. The topological polar surface area (TPSA) is 161 Å². The van der Waals surface area contributed by atoms with Crippen LogP contribution in [0.5, 0.6) is 0 Å². The molecular weight excluding hydrogens is 455 g/mol. The van der Waals surface area contributed by atoms with Gasteiger partial charge in [-0.25, -0.2) is 4.39 Å². The molecule has 182 valence electrons. The van der Waals surface area contributed by atoms with Gasteiger partial charge in [0.2, 0.25) is 5.91 Å². The lowest BCUT2D eigenvalue weighted by molar-refractivity contribution is -0.120. The van der Waals surface area contributed by atoms with E-state index in [9.17, 15) is 29.0 Å². The molecule has 0 aliphatic heterocycles. The quantitative estimate of drug-likeness (QED) is 0.215. The van der Waals surface area contributed by atoms with Crippen LogP contribution in [0.25, 0.3) is 33.1 Å². The van der Waals surface area contributed by atoms with Crippen molar-refractivity contribution in [3.63, 3.8) is 0 Å². The van der Waals surface area contributed by atoms with E-state index in [1.165, 1.54) is 18.2 Å². The Morgan fingerprint density at radius 1 is 1.03 bits per heavy atom. The summed E-state index contributed by atoms with van der Waals surface area (Å²) in [5.41, 5.74) is 6.80. The van der Waals surface area contributed by atoms with Crippen LogP contribution in [-0.4, -0.2) is 50.7 Å². The highest BCUT2D eigenvalue weighted by molar-refractivity contribution is 5.99. The molecule has 0 aliphatic carbocycles. The second-order valence-corrected chi connectivity index (χ2v) is 8.46. The van der Waals surface area contributed by atoms with Crippen LogP contribution in [0.3, 0.4) is 0 Å². The first-order valence-corrected chi connectivity index (χ1v) is 11.1. The Morgan fingerprint density at radius 2 is 1.83 bits per heavy atom. The van der Waals surface area contributed by atoms with E-state index in [0.717, 1.165) is 5.39 Å². The molecule has 0 spiro atoms. The average Bonchev–Trinajstić information content (AvgIpc) is 3.21. The van der Waals surface area contributed by atoms with Crippen LogP contribution in [0, 0.1) is 5.82 Å². The van der Waals surface area contributed by atoms with Crippen molar-refractivity contribution in [2.24, 2.45) is 5.73 Å². The number of carbonyl (C=O) groups is 2. The predicted octanol–water partition coefficient (Wildman–Crippen LogP) is 1.92. The number of primary amides is 1. The Balaban J connectivity index is 1.45. The molecule has 0 saturated heterocycles. The summed E-state index contributed by atoms with van der Waals surface area (Å²) >= 11 is 0. The highest BCUT2D eigenvalue weighted by atomic mass is 19.1. The molecule has 2 unspecified atom stereocenters. The van der Waals surface area contributed by atoms with Crippen molar-refractivity contribution >= 4 is 33.6 Å². The number of nitrogens with one attached hydrogen (secondary N) is 3. The Kier molecular flexibility index (Phi) is 6.94. The zero-order chi connectivity index (χ0) is 25.1. The summed E-state index contributed by atoms with van der Waals surface area (Å²) in [4.78, 5) is 41.7. The summed E-state index contributed by atoms with van der Waals surface area (Å²) in [6, 6.07) is 12.7. The minimum absolute atomic E-state index is 0.0200. The van der Waals surface area contributed by atoms with E-state index >= 15 is 0 Å². The summed E-state index contributed by atoms with van der Waals surface area (Å²) in [5, 5.41) is 23.4. The summed E-state index contributed by atoms with van der Waals surface area (Å²) in [6.07, 6.45) is -2.00. The number of carbonyl (C=O) groups excluding carboxylic acids is 2. The molecule has 10 heteroatoms. The number of hydrogen-bond donors (Lipinski definition) is 6. The smallest absolute Gasteiger partial charge is 0.257 e. The molecule has 0 saturated carbocycles. The van der Waals surface area contributed by atoms with E-state index in [4.69, 9.17) is 5.73 Å². The summed E-state index contributed by atoms with van der Waals surface area (Å²) in [5.74, 6) is -1.46. The van der Waals surface area contributed by atoms with Crippen LogP contribution >= 0.6 is 0 Å². The van der Waals surface area contributed by atoms with Crippen molar-refractivity contribution < 1.29 is 24.2 Å². The third-order valence-electron chi connectivity index (χ3n) is 5.75. The molecule has 4 aromatic rings. The number of benzene rings is 2. The van der Waals surface area contributed by atoms with Crippen molar-refractivity contribution in [3.8, 4) is 11.3 Å². The van der Waals surface area contributed by atoms with Crippen molar-refractivity contribution in [2.45, 2.75) is 31.5 Å². The number of hydrogen-bond acceptors (Lipinski definition) is 5. The SMILES string of the molecule is NC(=O)CC(O)CC(O)CCNC(=O)c1ccc2cc(-c3cc4c(F)cccc4[nH]c3=O)[nH]c2c1. The fraction of sp³-hybridized carbons (Fsp3) is 0.240. The van der Waals surface area contributed by atoms with Gasteiger partial charge in [-0.05, 0) is 49.2 Å². The van der Waals surface area contributed by atoms with Crippen molar-refractivity contribution in [2.75, 3.05) is 6.54 Å². The van der Waals surface area contributed by atoms with Crippen molar-refractivity contribution in [1.29, 1.82) is 0 Å². The molecule has 35 heavy (non-hydrogen) atoms. The van der Waals surface area contributed by atoms with Gasteiger partial charge in [0.25, 0.3) is 11.5 Å². The predicted molar refractivity (Wildman–Crippen MR) is 129 cm³/mol. The second kappa shape index (κ2) is 10.1. The molecular formula is C25H25FN4O5. The molecule has 0 aliphatic rings. The van der Waals surface area contributed by atoms with Gasteiger partial charge in [-0.2, -0.15) is 0 Å². The van der Waals surface area contributed by atoms with Gasteiger partial charge < -0.3 is 31.2 Å². The average molecular weight is 480 g/mol. The fourth-order valence-electron chi connectivity index (χ4n) is 4.01. The van der Waals surface area contributed by atoms with Crippen LogP contribution in [0.1, 0.15) is 29.6 Å². The Morgan fingerprint density at radius 3 is 2.60 bits per heavy atom. The maximum absolute atomic E-state index is 14.2. The molecule has 2 aromatic carbocycles. The largest absolute Gasteiger partial charge is 0.393 e. The van der Waals surface area contributed by atoms with E-state index in [1.54, 1.807) is 30.3 Å². The second-order valence-electron chi connectivity index (χ2n) is 8.46. The molecule has 4 rings (SSSR count). The van der Waals surface area contributed by atoms with Crippen molar-refractivity contribution in [1.82, 2.24) is 15.3 Å². The zero-order valence-electron chi connectivity index (χ0n) is 18.7. The number of aromatic amines is 2. The number of amides is 2. The number of aliphatic hydroxyl groups is 2. The molecule has 0 fully saturated rings. The standard InChI is InChI=1S/C25H25FN4O5/c26-19-2-1-3-20-17(19)12-18(25(35)30-20)22-8-13-4-5-14(9-21(13)29-22)24(34)28-7-6-15(31)10-16(32)11-23(27)33/h1-5,8-9,12,15-16,29,31-32H,6-7,10-11H2,(H2,27,33)(H,28,34)(H,30,35). The lowest BCUT2D eigenvalue weighted by Gasteiger charge is -2.14. The molecule has 2 amide bonds. The highest BCUT2D eigenvalue weighted by Crippen LogP contribution is 2.25.